The van der Waals surface area contributed by atoms with Crippen LogP contribution in [-0.4, -0.2) is 24.9 Å². The third kappa shape index (κ3) is 3.41. The van der Waals surface area contributed by atoms with Gasteiger partial charge in [0.15, 0.2) is 5.82 Å². The van der Waals surface area contributed by atoms with Gasteiger partial charge in [0.2, 0.25) is 0 Å². The molecule has 0 unspecified atom stereocenters. The van der Waals surface area contributed by atoms with Crippen LogP contribution in [0.5, 0.6) is 0 Å². The van der Waals surface area contributed by atoms with Gasteiger partial charge in [0.05, 0.1) is 12.5 Å². The van der Waals surface area contributed by atoms with Crippen molar-refractivity contribution in [2.75, 3.05) is 0 Å². The first-order chi connectivity index (χ1) is 6.27. The van der Waals surface area contributed by atoms with Crippen LogP contribution in [0.25, 0.3) is 11.5 Å². The zero-order chi connectivity index (χ0) is 9.26. The molecule has 0 aliphatic carbocycles. The number of halogens is 3. The fraction of sp³-hybridized carbons (Fsp3) is 0. The number of H-pyrrole nitrogens is 1. The molecular weight excluding hydrogens is 276 g/mol. The summed E-state index contributed by atoms with van der Waals surface area (Å²) in [6, 6.07) is 1.39. The van der Waals surface area contributed by atoms with E-state index in [1.807, 2.05) is 0 Å². The van der Waals surface area contributed by atoms with Crippen molar-refractivity contribution in [2.45, 2.75) is 0 Å². The van der Waals surface area contributed by atoms with Crippen LogP contribution in [0.4, 0.5) is 0 Å². The first kappa shape index (κ1) is 17.2. The lowest BCUT2D eigenvalue weighted by Gasteiger charge is -2.01. The molecule has 9 heteroatoms. The summed E-state index contributed by atoms with van der Waals surface area (Å²) in [5.41, 5.74) is 0.659. The van der Waals surface area contributed by atoms with Crippen LogP contribution in [-0.2, 0) is 0 Å². The monoisotopic (exact) mass is 285 g/mol. The van der Waals surface area contributed by atoms with Gasteiger partial charge >= 0.3 is 0 Å². The van der Waals surface area contributed by atoms with Crippen LogP contribution in [0.3, 0.4) is 0 Å². The number of hydrogen-bond donors (Lipinski definition) is 3. The normalized spacial score (nSPS) is 8.25. The average molecular weight is 287 g/mol. The van der Waals surface area contributed by atoms with E-state index in [1.54, 1.807) is 0 Å². The predicted molar refractivity (Wildman–Crippen MR) is 64.6 cm³/mol. The van der Waals surface area contributed by atoms with Gasteiger partial charge in [0.1, 0.15) is 11.2 Å². The molecule has 0 bridgehead atoms. The molecule has 0 aromatic carbocycles. The summed E-state index contributed by atoms with van der Waals surface area (Å²) < 4.78 is 0.839. The van der Waals surface area contributed by atoms with Gasteiger partial charge in [-0.25, -0.2) is 9.97 Å². The number of nitrogens with one attached hydrogen (secondary N) is 2. The Morgan fingerprint density at radius 1 is 1.31 bits per heavy atom. The summed E-state index contributed by atoms with van der Waals surface area (Å²) >= 11 is 0. The quantitative estimate of drug-likeness (QED) is 0.689. The van der Waals surface area contributed by atoms with Crippen molar-refractivity contribution in [3.8, 4) is 11.5 Å². The van der Waals surface area contributed by atoms with Gasteiger partial charge in [-0.2, -0.15) is 4.73 Å². The fourth-order valence-electron chi connectivity index (χ4n) is 0.976. The second-order valence-electron chi connectivity index (χ2n) is 2.45. The van der Waals surface area contributed by atoms with E-state index in [0.717, 1.165) is 4.73 Å². The van der Waals surface area contributed by atoms with Crippen molar-refractivity contribution in [1.29, 1.82) is 5.41 Å². The molecule has 16 heavy (non-hydrogen) atoms. The molecule has 0 spiro atoms. The summed E-state index contributed by atoms with van der Waals surface area (Å²) in [5.74, 6) is 0.269. The Kier molecular flexibility index (Phi) is 7.62. The van der Waals surface area contributed by atoms with E-state index in [-0.39, 0.29) is 48.5 Å². The number of rotatable bonds is 1. The van der Waals surface area contributed by atoms with Crippen molar-refractivity contribution in [3.63, 3.8) is 0 Å². The largest absolute Gasteiger partial charge is 0.427 e. The van der Waals surface area contributed by atoms with E-state index in [9.17, 15) is 5.21 Å². The minimum Gasteiger partial charge on any atom is -0.427 e. The summed E-state index contributed by atoms with van der Waals surface area (Å²) in [4.78, 5) is 10.4. The summed E-state index contributed by atoms with van der Waals surface area (Å²) in [6.45, 7) is 0. The Balaban J connectivity index is 0. The summed E-state index contributed by atoms with van der Waals surface area (Å²) in [7, 11) is 0. The van der Waals surface area contributed by atoms with Crippen molar-refractivity contribution < 1.29 is 5.21 Å². The number of imidazole rings is 1. The zero-order valence-corrected chi connectivity index (χ0v) is 10.3. The molecule has 0 aliphatic heterocycles. The Bertz CT molecular complexity index is 469. The number of aromatic amines is 1. The van der Waals surface area contributed by atoms with Crippen molar-refractivity contribution in [2.24, 2.45) is 0 Å². The Hall–Kier alpha value is -1.24. The van der Waals surface area contributed by atoms with Crippen LogP contribution >= 0.6 is 37.2 Å². The smallest absolute Gasteiger partial charge is 0.195 e. The third-order valence-corrected chi connectivity index (χ3v) is 1.56. The van der Waals surface area contributed by atoms with Crippen LogP contribution < -0.4 is 5.49 Å². The maximum absolute atomic E-state index is 9.33. The molecule has 0 saturated carbocycles. The molecular formula is C7H10Cl3N5O. The van der Waals surface area contributed by atoms with Gasteiger partial charge in [0, 0.05) is 12.3 Å². The summed E-state index contributed by atoms with van der Waals surface area (Å²) in [5, 5.41) is 16.6. The van der Waals surface area contributed by atoms with Crippen LogP contribution in [0.2, 0.25) is 0 Å². The molecule has 2 aromatic heterocycles. The minimum atomic E-state index is 0. The molecule has 0 radical (unpaired) electrons. The molecule has 2 rings (SSSR count). The van der Waals surface area contributed by atoms with Gasteiger partial charge < -0.3 is 10.2 Å². The van der Waals surface area contributed by atoms with Crippen LogP contribution in [0.1, 0.15) is 0 Å². The second kappa shape index (κ2) is 7.10. The number of aromatic nitrogens is 4. The standard InChI is InChI=1S/C7H7N5O.3ClH/c8-6-1-2-12(13)7(11-6)5-3-9-4-10-5;;;/h1-4,8,13H,(H,9,10);3*1H. The van der Waals surface area contributed by atoms with E-state index in [1.165, 1.54) is 24.8 Å². The highest BCUT2D eigenvalue weighted by molar-refractivity contribution is 5.86. The molecule has 90 valence electrons. The highest BCUT2D eigenvalue weighted by Crippen LogP contribution is 2.08. The Labute approximate surface area is 109 Å². The lowest BCUT2D eigenvalue weighted by atomic mass is 10.4. The first-order valence-corrected chi connectivity index (χ1v) is 3.59. The van der Waals surface area contributed by atoms with Gasteiger partial charge in [-0.05, 0) is 0 Å². The molecule has 0 fully saturated rings. The van der Waals surface area contributed by atoms with Gasteiger partial charge in [-0.3, -0.25) is 5.41 Å². The van der Waals surface area contributed by atoms with Gasteiger partial charge in [-0.1, -0.05) is 0 Å². The highest BCUT2D eigenvalue weighted by atomic mass is 35.5. The number of hydrogen-bond acceptors (Lipinski definition) is 4. The van der Waals surface area contributed by atoms with E-state index < -0.39 is 0 Å². The molecule has 0 saturated heterocycles. The molecule has 0 atom stereocenters. The average Bonchev–Trinajstić information content (AvgIpc) is 2.61. The fourth-order valence-corrected chi connectivity index (χ4v) is 0.976. The predicted octanol–water partition coefficient (Wildman–Crippen LogP) is 1.26. The van der Waals surface area contributed by atoms with Crippen LogP contribution in [0, 0.1) is 5.41 Å². The van der Waals surface area contributed by atoms with E-state index in [0.29, 0.717) is 5.69 Å². The van der Waals surface area contributed by atoms with Crippen LogP contribution in [0.15, 0.2) is 24.8 Å². The highest BCUT2D eigenvalue weighted by Gasteiger charge is 2.04. The van der Waals surface area contributed by atoms with E-state index in [2.05, 4.69) is 15.0 Å². The van der Waals surface area contributed by atoms with Gasteiger partial charge in [0.25, 0.3) is 0 Å². The first-order valence-electron chi connectivity index (χ1n) is 3.59. The van der Waals surface area contributed by atoms with E-state index in [4.69, 9.17) is 5.41 Å². The Morgan fingerprint density at radius 2 is 2.00 bits per heavy atom. The number of nitrogens with zero attached hydrogens (tertiary/aromatic N) is 3. The zero-order valence-electron chi connectivity index (χ0n) is 7.82. The maximum Gasteiger partial charge on any atom is 0.195 e. The minimum absolute atomic E-state index is 0. The van der Waals surface area contributed by atoms with E-state index >= 15 is 0 Å². The maximum atomic E-state index is 9.33. The van der Waals surface area contributed by atoms with Gasteiger partial charge in [-0.15, -0.1) is 37.2 Å². The van der Waals surface area contributed by atoms with Crippen molar-refractivity contribution in [3.05, 3.63) is 30.3 Å². The second-order valence-corrected chi connectivity index (χ2v) is 2.45. The molecule has 2 heterocycles. The third-order valence-electron chi connectivity index (χ3n) is 1.56. The molecule has 0 aliphatic rings. The lowest BCUT2D eigenvalue weighted by Crippen LogP contribution is -2.11. The SMILES string of the molecule is Cl.Cl.Cl.N=c1ccn(O)c(-c2cnc[nH]2)n1. The molecule has 3 N–H and O–H groups in total. The van der Waals surface area contributed by atoms with Crippen molar-refractivity contribution in [1.82, 2.24) is 19.7 Å². The Morgan fingerprint density at radius 3 is 2.56 bits per heavy atom. The lowest BCUT2D eigenvalue weighted by molar-refractivity contribution is 0.185. The summed E-state index contributed by atoms with van der Waals surface area (Å²) in [6.07, 6.45) is 4.35. The van der Waals surface area contributed by atoms with Crippen molar-refractivity contribution >= 4 is 37.2 Å². The molecule has 2 aromatic rings. The topological polar surface area (TPSA) is 90.6 Å². The molecule has 0 amide bonds. The molecule has 6 nitrogen and oxygen atoms in total.